The van der Waals surface area contributed by atoms with Crippen molar-refractivity contribution in [2.45, 2.75) is 116 Å². The van der Waals surface area contributed by atoms with Crippen LogP contribution in [0.1, 0.15) is 89.9 Å². The maximum absolute atomic E-state index is 6.81. The predicted octanol–water partition coefficient (Wildman–Crippen LogP) is 6.38. The van der Waals surface area contributed by atoms with Crippen molar-refractivity contribution in [3.63, 3.8) is 0 Å². The van der Waals surface area contributed by atoms with Crippen LogP contribution in [-0.4, -0.2) is 35.4 Å². The molecule has 0 saturated carbocycles. The monoisotopic (exact) mass is 508 g/mol. The Morgan fingerprint density at radius 2 is 0.865 bits per heavy atom. The van der Waals surface area contributed by atoms with Crippen LogP contribution >= 0.6 is 0 Å². The van der Waals surface area contributed by atoms with Gasteiger partial charge in [-0.05, 0) is 90.5 Å². The molecular weight excluding hydrogens is 468 g/mol. The average molecular weight is 509 g/mol. The quantitative estimate of drug-likeness (QED) is 0.478. The molecule has 0 aromatic heterocycles. The molecule has 6 rings (SSSR count). The molecule has 1 spiro atoms. The first-order chi connectivity index (χ1) is 17.2. The summed E-state index contributed by atoms with van der Waals surface area (Å²) in [6, 6.07) is 17.0. The number of ether oxygens (including phenoxy) is 6. The highest BCUT2D eigenvalue weighted by Crippen LogP contribution is 2.63. The summed E-state index contributed by atoms with van der Waals surface area (Å²) in [5.41, 5.74) is 2.50. The third-order valence-corrected chi connectivity index (χ3v) is 9.72. The van der Waals surface area contributed by atoms with Gasteiger partial charge in [-0.25, -0.2) is 0 Å². The number of hydrogen-bond acceptors (Lipinski definition) is 6. The molecule has 2 aliphatic carbocycles. The Morgan fingerprint density at radius 1 is 0.541 bits per heavy atom. The van der Waals surface area contributed by atoms with E-state index in [4.69, 9.17) is 28.4 Å². The van der Waals surface area contributed by atoms with Crippen molar-refractivity contribution < 1.29 is 28.4 Å². The highest BCUT2D eigenvalue weighted by Gasteiger charge is 2.61. The van der Waals surface area contributed by atoms with Gasteiger partial charge < -0.3 is 28.4 Å². The second-order valence-corrected chi connectivity index (χ2v) is 13.1. The Hall–Kier alpha value is -1.80. The van der Waals surface area contributed by atoms with Crippen LogP contribution in [0.25, 0.3) is 0 Å². The Balaban J connectivity index is 1.39. The van der Waals surface area contributed by atoms with E-state index in [1.165, 1.54) is 11.1 Å². The molecular formula is C31H40O6. The predicted molar refractivity (Wildman–Crippen MR) is 139 cm³/mol. The van der Waals surface area contributed by atoms with Gasteiger partial charge in [-0.3, -0.25) is 0 Å². The average Bonchev–Trinajstić information content (AvgIpc) is 3.40. The van der Waals surface area contributed by atoms with Crippen molar-refractivity contribution in [2.24, 2.45) is 5.41 Å². The molecule has 2 fully saturated rings. The summed E-state index contributed by atoms with van der Waals surface area (Å²) in [5.74, 6) is 0. The SMILES string of the molecule is CC1(C)OC(OC2c3ccccc3CC23Cc2ccccc2[C@@H]3OC2OC(C)(C)C(C)(C)O2)OC1(C)C. The van der Waals surface area contributed by atoms with E-state index in [2.05, 4.69) is 48.5 Å². The normalized spacial score (nSPS) is 33.2. The minimum Gasteiger partial charge on any atom is -0.321 e. The smallest absolute Gasteiger partial charge is 0.273 e. The lowest BCUT2D eigenvalue weighted by Crippen LogP contribution is -2.41. The Morgan fingerprint density at radius 3 is 1.22 bits per heavy atom. The van der Waals surface area contributed by atoms with Crippen LogP contribution in [0.4, 0.5) is 0 Å². The number of fused-ring (bicyclic) bond motifs is 2. The zero-order valence-corrected chi connectivity index (χ0v) is 23.3. The van der Waals surface area contributed by atoms with E-state index in [9.17, 15) is 0 Å². The van der Waals surface area contributed by atoms with Crippen LogP contribution < -0.4 is 0 Å². The molecule has 0 amide bonds. The molecule has 37 heavy (non-hydrogen) atoms. The van der Waals surface area contributed by atoms with Gasteiger partial charge in [0.05, 0.1) is 34.6 Å². The fraction of sp³-hybridized carbons (Fsp3) is 0.613. The van der Waals surface area contributed by atoms with Crippen LogP contribution in [-0.2, 0) is 41.3 Å². The van der Waals surface area contributed by atoms with Crippen molar-refractivity contribution in [1.29, 1.82) is 0 Å². The summed E-state index contributed by atoms with van der Waals surface area (Å²) in [7, 11) is 0. The van der Waals surface area contributed by atoms with Gasteiger partial charge >= 0.3 is 0 Å². The third kappa shape index (κ3) is 3.83. The maximum Gasteiger partial charge on any atom is 0.273 e. The highest BCUT2D eigenvalue weighted by molar-refractivity contribution is 5.46. The van der Waals surface area contributed by atoms with E-state index in [1.54, 1.807) is 0 Å². The fourth-order valence-corrected chi connectivity index (χ4v) is 6.13. The lowest BCUT2D eigenvalue weighted by Gasteiger charge is -2.39. The summed E-state index contributed by atoms with van der Waals surface area (Å²) >= 11 is 0. The molecule has 2 saturated heterocycles. The first-order valence-electron chi connectivity index (χ1n) is 13.4. The van der Waals surface area contributed by atoms with Crippen molar-refractivity contribution in [2.75, 3.05) is 0 Å². The van der Waals surface area contributed by atoms with E-state index in [0.29, 0.717) is 0 Å². The zero-order valence-electron chi connectivity index (χ0n) is 23.3. The number of benzene rings is 2. The van der Waals surface area contributed by atoms with Crippen molar-refractivity contribution in [1.82, 2.24) is 0 Å². The molecule has 2 aromatic carbocycles. The van der Waals surface area contributed by atoms with E-state index in [-0.39, 0.29) is 12.2 Å². The van der Waals surface area contributed by atoms with Gasteiger partial charge in [-0.15, -0.1) is 0 Å². The van der Waals surface area contributed by atoms with Gasteiger partial charge in [0.25, 0.3) is 13.0 Å². The molecule has 2 aliphatic heterocycles. The molecule has 200 valence electrons. The first kappa shape index (κ1) is 25.5. The van der Waals surface area contributed by atoms with Gasteiger partial charge in [0.1, 0.15) is 0 Å². The second-order valence-electron chi connectivity index (χ2n) is 13.1. The molecule has 3 atom stereocenters. The van der Waals surface area contributed by atoms with Crippen LogP contribution in [0.5, 0.6) is 0 Å². The number of hydrogen-bond donors (Lipinski definition) is 0. The largest absolute Gasteiger partial charge is 0.321 e. The first-order valence-corrected chi connectivity index (χ1v) is 13.4. The lowest BCUT2D eigenvalue weighted by molar-refractivity contribution is -0.321. The summed E-state index contributed by atoms with van der Waals surface area (Å²) < 4.78 is 38.9. The molecule has 4 aliphatic rings. The van der Waals surface area contributed by atoms with Gasteiger partial charge in [0, 0.05) is 5.41 Å². The molecule has 6 heteroatoms. The van der Waals surface area contributed by atoms with Crippen molar-refractivity contribution in [3.05, 3.63) is 70.8 Å². The third-order valence-electron chi connectivity index (χ3n) is 9.72. The maximum atomic E-state index is 6.81. The molecule has 0 bridgehead atoms. The van der Waals surface area contributed by atoms with Gasteiger partial charge in [-0.1, -0.05) is 48.5 Å². The van der Waals surface area contributed by atoms with Crippen molar-refractivity contribution >= 4 is 0 Å². The Labute approximate surface area is 220 Å². The summed E-state index contributed by atoms with van der Waals surface area (Å²) in [6.07, 6.45) is 1.04. The molecule has 0 radical (unpaired) electrons. The minimum absolute atomic E-state index is 0.293. The zero-order chi connectivity index (χ0) is 26.4. The van der Waals surface area contributed by atoms with Gasteiger partial charge in [0.2, 0.25) is 0 Å². The van der Waals surface area contributed by atoms with E-state index >= 15 is 0 Å². The summed E-state index contributed by atoms with van der Waals surface area (Å²) in [6.45, 7) is 14.8. The molecule has 2 unspecified atom stereocenters. The van der Waals surface area contributed by atoms with Gasteiger partial charge in [-0.2, -0.15) is 0 Å². The molecule has 2 aromatic rings. The van der Waals surface area contributed by atoms with Crippen LogP contribution in [0, 0.1) is 5.41 Å². The summed E-state index contributed by atoms with van der Waals surface area (Å²) in [5, 5.41) is 0. The Bertz CT molecular complexity index is 1070. The topological polar surface area (TPSA) is 55.4 Å². The van der Waals surface area contributed by atoms with Crippen LogP contribution in [0.15, 0.2) is 48.5 Å². The molecule has 0 N–H and O–H groups in total. The lowest BCUT2D eigenvalue weighted by atomic mass is 9.77. The fourth-order valence-electron chi connectivity index (χ4n) is 6.13. The van der Waals surface area contributed by atoms with E-state index in [0.717, 1.165) is 24.0 Å². The van der Waals surface area contributed by atoms with Crippen LogP contribution in [0.2, 0.25) is 0 Å². The second kappa shape index (κ2) is 8.10. The van der Waals surface area contributed by atoms with E-state index in [1.807, 2.05) is 55.4 Å². The van der Waals surface area contributed by atoms with E-state index < -0.39 is 40.8 Å². The van der Waals surface area contributed by atoms with Crippen LogP contribution in [0.3, 0.4) is 0 Å². The summed E-state index contributed by atoms with van der Waals surface area (Å²) in [4.78, 5) is 0. The molecule has 2 heterocycles. The number of rotatable bonds is 4. The minimum atomic E-state index is -0.778. The highest BCUT2D eigenvalue weighted by atomic mass is 16.9. The molecule has 6 nitrogen and oxygen atoms in total. The van der Waals surface area contributed by atoms with Gasteiger partial charge in [0.15, 0.2) is 0 Å². The van der Waals surface area contributed by atoms with Crippen molar-refractivity contribution in [3.8, 4) is 0 Å². The standard InChI is InChI=1S/C31H40O6/c1-27(2)28(3,4)35-25(34-27)32-23-21-15-11-9-13-19(21)17-31(23)18-20-14-10-12-16-22(20)24(31)33-26-36-29(5,6)30(7,8)37-26/h9-16,23-26H,17-18H2,1-8H3/t23-,24?,31?/m0/s1. The Kier molecular flexibility index (Phi) is 5.58.